The molecule has 2 aromatic rings. The summed E-state index contributed by atoms with van der Waals surface area (Å²) < 4.78 is 6.26. The fraction of sp³-hybridized carbons (Fsp3) is 0.158. The van der Waals surface area contributed by atoms with Crippen LogP contribution in [0, 0.1) is 0 Å². The smallest absolute Gasteiger partial charge is 0.242 e. The molecule has 2 aromatic carbocycles. The molecule has 0 aromatic heterocycles. The number of hydrogen-bond donors (Lipinski definition) is 0. The van der Waals surface area contributed by atoms with Gasteiger partial charge in [-0.25, -0.2) is 0 Å². The maximum Gasteiger partial charge on any atom is 0.242 e. The van der Waals surface area contributed by atoms with Gasteiger partial charge in [0.25, 0.3) is 0 Å². The van der Waals surface area contributed by atoms with Crippen LogP contribution in [0.2, 0.25) is 19.6 Å². The van der Waals surface area contributed by atoms with Gasteiger partial charge in [0.05, 0.1) is 0 Å². The fourth-order valence-electron chi connectivity index (χ4n) is 2.19. The van der Waals surface area contributed by atoms with Gasteiger partial charge in [-0.2, -0.15) is 0 Å². The summed E-state index contributed by atoms with van der Waals surface area (Å²) in [6.07, 6.45) is 1.83. The lowest BCUT2D eigenvalue weighted by Crippen LogP contribution is -2.25. The van der Waals surface area contributed by atoms with Crippen LogP contribution in [0.25, 0.3) is 5.57 Å². The fourth-order valence-corrected chi connectivity index (χ4v) is 3.03. The maximum absolute atomic E-state index is 6.26. The van der Waals surface area contributed by atoms with E-state index in [1.165, 1.54) is 0 Å². The summed E-state index contributed by atoms with van der Waals surface area (Å²) in [5.41, 5.74) is 3.40. The van der Waals surface area contributed by atoms with Crippen LogP contribution in [-0.2, 0) is 4.43 Å². The third-order valence-corrected chi connectivity index (χ3v) is 3.81. The maximum atomic E-state index is 6.26. The van der Waals surface area contributed by atoms with Crippen LogP contribution < -0.4 is 0 Å². The molecule has 0 spiro atoms. The molecular weight excluding hydrogens is 272 g/mol. The third kappa shape index (κ3) is 4.20. The topological polar surface area (TPSA) is 9.23 Å². The molecule has 0 saturated carbocycles. The minimum atomic E-state index is -1.70. The van der Waals surface area contributed by atoms with Crippen LogP contribution in [0.3, 0.4) is 0 Å². The van der Waals surface area contributed by atoms with Gasteiger partial charge in [-0.1, -0.05) is 67.2 Å². The summed E-state index contributed by atoms with van der Waals surface area (Å²) >= 11 is 0. The predicted molar refractivity (Wildman–Crippen MR) is 93.5 cm³/mol. The summed E-state index contributed by atoms with van der Waals surface area (Å²) in [5.74, 6) is 0.867. The Hall–Kier alpha value is -2.06. The Bertz CT molecular complexity index is 580. The molecule has 2 heteroatoms. The van der Waals surface area contributed by atoms with Crippen molar-refractivity contribution >= 4 is 13.9 Å². The average molecular weight is 294 g/mol. The summed E-state index contributed by atoms with van der Waals surface area (Å²) in [7, 11) is -1.70. The Morgan fingerprint density at radius 2 is 1.29 bits per heavy atom. The van der Waals surface area contributed by atoms with Crippen LogP contribution in [-0.4, -0.2) is 8.32 Å². The van der Waals surface area contributed by atoms with E-state index in [0.717, 1.165) is 22.5 Å². The zero-order chi connectivity index (χ0) is 15.3. The highest BCUT2D eigenvalue weighted by molar-refractivity contribution is 6.70. The molecule has 0 N–H and O–H groups in total. The van der Waals surface area contributed by atoms with Gasteiger partial charge in [-0.3, -0.25) is 0 Å². The Morgan fingerprint density at radius 1 is 0.857 bits per heavy atom. The average Bonchev–Trinajstić information content (AvgIpc) is 2.47. The molecule has 21 heavy (non-hydrogen) atoms. The minimum Gasteiger partial charge on any atom is -0.544 e. The van der Waals surface area contributed by atoms with Crippen molar-refractivity contribution in [2.75, 3.05) is 0 Å². The Labute approximate surface area is 128 Å². The van der Waals surface area contributed by atoms with E-state index in [-0.39, 0.29) is 0 Å². The third-order valence-electron chi connectivity index (χ3n) is 2.97. The SMILES string of the molecule is C=CC(O[Si](C)(C)C)=C(c1ccccc1)c1ccccc1. The van der Waals surface area contributed by atoms with Gasteiger partial charge in [0.15, 0.2) is 0 Å². The minimum absolute atomic E-state index is 0.867. The van der Waals surface area contributed by atoms with Gasteiger partial charge >= 0.3 is 0 Å². The van der Waals surface area contributed by atoms with Crippen molar-refractivity contribution in [3.8, 4) is 0 Å². The molecule has 108 valence electrons. The van der Waals surface area contributed by atoms with E-state index in [1.807, 2.05) is 42.5 Å². The largest absolute Gasteiger partial charge is 0.544 e. The van der Waals surface area contributed by atoms with E-state index in [9.17, 15) is 0 Å². The standard InChI is InChI=1S/C19H22OSi/c1-5-18(20-21(2,3)4)19(16-12-8-6-9-13-16)17-14-10-7-11-15-17/h5-15H,1H2,2-4H3. The zero-order valence-corrected chi connectivity index (χ0v) is 14.0. The van der Waals surface area contributed by atoms with E-state index in [1.54, 1.807) is 0 Å². The van der Waals surface area contributed by atoms with Crippen molar-refractivity contribution in [2.45, 2.75) is 19.6 Å². The second-order valence-corrected chi connectivity index (χ2v) is 10.3. The van der Waals surface area contributed by atoms with E-state index in [2.05, 4.69) is 50.5 Å². The molecule has 1 nitrogen and oxygen atoms in total. The highest BCUT2D eigenvalue weighted by atomic mass is 28.4. The molecule has 0 amide bonds. The zero-order valence-electron chi connectivity index (χ0n) is 13.0. The van der Waals surface area contributed by atoms with Crippen molar-refractivity contribution in [3.63, 3.8) is 0 Å². The monoisotopic (exact) mass is 294 g/mol. The highest BCUT2D eigenvalue weighted by Crippen LogP contribution is 2.29. The number of hydrogen-bond acceptors (Lipinski definition) is 1. The molecule has 0 unspecified atom stereocenters. The summed E-state index contributed by atoms with van der Waals surface area (Å²) in [4.78, 5) is 0. The van der Waals surface area contributed by atoms with Crippen molar-refractivity contribution in [2.24, 2.45) is 0 Å². The molecular formula is C19H22OSi. The lowest BCUT2D eigenvalue weighted by Gasteiger charge is -2.23. The van der Waals surface area contributed by atoms with Crippen LogP contribution >= 0.6 is 0 Å². The molecule has 0 saturated heterocycles. The summed E-state index contributed by atoms with van der Waals surface area (Å²) in [6.45, 7) is 10.5. The van der Waals surface area contributed by atoms with Crippen LogP contribution in [0.5, 0.6) is 0 Å². The van der Waals surface area contributed by atoms with Crippen LogP contribution in [0.1, 0.15) is 11.1 Å². The number of benzene rings is 2. The molecule has 0 aliphatic heterocycles. The van der Waals surface area contributed by atoms with E-state index >= 15 is 0 Å². The van der Waals surface area contributed by atoms with E-state index < -0.39 is 8.32 Å². The van der Waals surface area contributed by atoms with Gasteiger partial charge in [-0.15, -0.1) is 0 Å². The van der Waals surface area contributed by atoms with Crippen molar-refractivity contribution in [3.05, 3.63) is 90.2 Å². The normalized spacial score (nSPS) is 10.8. The first kappa shape index (κ1) is 15.3. The van der Waals surface area contributed by atoms with Gasteiger partial charge < -0.3 is 4.43 Å². The molecule has 0 aliphatic rings. The van der Waals surface area contributed by atoms with Gasteiger partial charge in [-0.05, 0) is 36.8 Å². The van der Waals surface area contributed by atoms with Gasteiger partial charge in [0, 0.05) is 5.57 Å². The predicted octanol–water partition coefficient (Wildman–Crippen LogP) is 5.48. The summed E-state index contributed by atoms with van der Waals surface area (Å²) in [6, 6.07) is 20.7. The van der Waals surface area contributed by atoms with Crippen molar-refractivity contribution in [1.82, 2.24) is 0 Å². The first-order chi connectivity index (χ1) is 10.0. The second kappa shape index (κ2) is 6.59. The van der Waals surface area contributed by atoms with E-state index in [0.29, 0.717) is 0 Å². The molecule has 2 rings (SSSR count). The first-order valence-corrected chi connectivity index (χ1v) is 10.6. The van der Waals surface area contributed by atoms with Crippen LogP contribution in [0.4, 0.5) is 0 Å². The van der Waals surface area contributed by atoms with Crippen LogP contribution in [0.15, 0.2) is 79.1 Å². The van der Waals surface area contributed by atoms with Gasteiger partial charge in [0.1, 0.15) is 5.76 Å². The molecule has 0 radical (unpaired) electrons. The number of rotatable bonds is 5. The second-order valence-electron chi connectivity index (χ2n) is 5.89. The van der Waals surface area contributed by atoms with Crippen molar-refractivity contribution in [1.29, 1.82) is 0 Å². The number of allylic oxidation sites excluding steroid dienone is 1. The van der Waals surface area contributed by atoms with E-state index in [4.69, 9.17) is 4.43 Å². The molecule has 0 aliphatic carbocycles. The lowest BCUT2D eigenvalue weighted by atomic mass is 9.97. The lowest BCUT2D eigenvalue weighted by molar-refractivity contribution is 0.444. The van der Waals surface area contributed by atoms with Crippen molar-refractivity contribution < 1.29 is 4.43 Å². The molecule has 0 fully saturated rings. The Morgan fingerprint density at radius 3 is 1.62 bits per heavy atom. The first-order valence-electron chi connectivity index (χ1n) is 7.18. The molecule has 0 bridgehead atoms. The van der Waals surface area contributed by atoms with Gasteiger partial charge in [0.2, 0.25) is 8.32 Å². The quantitative estimate of drug-likeness (QED) is 0.403. The molecule has 0 heterocycles. The Balaban J connectivity index is 2.62. The molecule has 0 atom stereocenters. The summed E-state index contributed by atoms with van der Waals surface area (Å²) in [5, 5.41) is 0. The highest BCUT2D eigenvalue weighted by Gasteiger charge is 2.20. The Kier molecular flexibility index (Phi) is 4.81.